The van der Waals surface area contributed by atoms with Crippen LogP contribution in [0.5, 0.6) is 17.4 Å². The lowest BCUT2D eigenvalue weighted by Crippen LogP contribution is -2.00. The standard InChI is InChI=1S/C17H16N2O4/c1-22-12-7-11(8-13(9-12)23-2)10-19-15-6-4-3-5-14(15)16(18-21)17(19)20/h3-9,20H,10H2,1-2H3. The Morgan fingerprint density at radius 1 is 1.09 bits per heavy atom. The summed E-state index contributed by atoms with van der Waals surface area (Å²) < 4.78 is 12.2. The van der Waals surface area contributed by atoms with Crippen LogP contribution in [0, 0.1) is 4.91 Å². The topological polar surface area (TPSA) is 73.0 Å². The van der Waals surface area contributed by atoms with Crippen LogP contribution >= 0.6 is 0 Å². The summed E-state index contributed by atoms with van der Waals surface area (Å²) in [5, 5.41) is 13.9. The SMILES string of the molecule is COc1cc(Cn2c(O)c(N=O)c3ccccc32)cc(OC)c1. The Hall–Kier alpha value is -3.02. The lowest BCUT2D eigenvalue weighted by Gasteiger charge is -2.11. The van der Waals surface area contributed by atoms with Crippen LogP contribution in [-0.4, -0.2) is 23.9 Å². The van der Waals surface area contributed by atoms with Crippen molar-refractivity contribution in [1.29, 1.82) is 0 Å². The van der Waals surface area contributed by atoms with Crippen LogP contribution in [0.1, 0.15) is 5.56 Å². The third kappa shape index (κ3) is 2.59. The van der Waals surface area contributed by atoms with E-state index in [1.165, 1.54) is 0 Å². The molecule has 6 nitrogen and oxygen atoms in total. The molecule has 3 aromatic rings. The van der Waals surface area contributed by atoms with Gasteiger partial charge in [-0.25, -0.2) is 0 Å². The molecule has 3 rings (SSSR count). The van der Waals surface area contributed by atoms with E-state index in [1.54, 1.807) is 37.0 Å². The number of para-hydroxylation sites is 1. The predicted octanol–water partition coefficient (Wildman–Crippen LogP) is 3.81. The highest BCUT2D eigenvalue weighted by atomic mass is 16.5. The molecule has 0 aliphatic heterocycles. The van der Waals surface area contributed by atoms with E-state index in [0.717, 1.165) is 11.1 Å². The second-order valence-corrected chi connectivity index (χ2v) is 5.09. The molecule has 0 saturated heterocycles. The first-order chi connectivity index (χ1) is 11.2. The maximum atomic E-state index is 11.0. The first-order valence-electron chi connectivity index (χ1n) is 7.03. The molecule has 0 amide bonds. The van der Waals surface area contributed by atoms with Gasteiger partial charge in [0.05, 0.1) is 26.3 Å². The quantitative estimate of drug-likeness (QED) is 0.727. The number of hydrogen-bond donors (Lipinski definition) is 1. The molecule has 2 aromatic carbocycles. The Morgan fingerprint density at radius 2 is 1.74 bits per heavy atom. The van der Waals surface area contributed by atoms with Crippen LogP contribution < -0.4 is 9.47 Å². The monoisotopic (exact) mass is 312 g/mol. The molecule has 0 unspecified atom stereocenters. The zero-order valence-corrected chi connectivity index (χ0v) is 12.8. The van der Waals surface area contributed by atoms with Gasteiger partial charge in [-0.3, -0.25) is 0 Å². The first kappa shape index (κ1) is 14.9. The van der Waals surface area contributed by atoms with E-state index in [1.807, 2.05) is 24.3 Å². The van der Waals surface area contributed by atoms with Gasteiger partial charge < -0.3 is 19.1 Å². The summed E-state index contributed by atoms with van der Waals surface area (Å²) >= 11 is 0. The molecule has 0 radical (unpaired) electrons. The van der Waals surface area contributed by atoms with Gasteiger partial charge in [-0.05, 0) is 28.9 Å². The molecule has 0 fully saturated rings. The molecule has 118 valence electrons. The van der Waals surface area contributed by atoms with Gasteiger partial charge in [-0.2, -0.15) is 0 Å². The second-order valence-electron chi connectivity index (χ2n) is 5.09. The van der Waals surface area contributed by atoms with Gasteiger partial charge in [0.15, 0.2) is 5.69 Å². The van der Waals surface area contributed by atoms with Crippen molar-refractivity contribution in [3.63, 3.8) is 0 Å². The van der Waals surface area contributed by atoms with Crippen molar-refractivity contribution in [3.8, 4) is 17.4 Å². The smallest absolute Gasteiger partial charge is 0.222 e. The first-order valence-corrected chi connectivity index (χ1v) is 7.03. The van der Waals surface area contributed by atoms with E-state index in [2.05, 4.69) is 5.18 Å². The summed E-state index contributed by atoms with van der Waals surface area (Å²) in [6, 6.07) is 12.7. The van der Waals surface area contributed by atoms with Crippen molar-refractivity contribution in [1.82, 2.24) is 4.57 Å². The van der Waals surface area contributed by atoms with E-state index < -0.39 is 0 Å². The Balaban J connectivity index is 2.12. The van der Waals surface area contributed by atoms with E-state index in [0.29, 0.717) is 23.4 Å². The van der Waals surface area contributed by atoms with Crippen LogP contribution in [0.4, 0.5) is 5.69 Å². The lowest BCUT2D eigenvalue weighted by atomic mass is 10.2. The average molecular weight is 312 g/mol. The number of benzene rings is 2. The highest BCUT2D eigenvalue weighted by Crippen LogP contribution is 2.39. The van der Waals surface area contributed by atoms with Gasteiger partial charge in [0, 0.05) is 11.5 Å². The van der Waals surface area contributed by atoms with Crippen LogP contribution in [0.3, 0.4) is 0 Å². The summed E-state index contributed by atoms with van der Waals surface area (Å²) in [5.74, 6) is 1.16. The molecule has 0 saturated carbocycles. The molecule has 23 heavy (non-hydrogen) atoms. The lowest BCUT2D eigenvalue weighted by molar-refractivity contribution is 0.392. The van der Waals surface area contributed by atoms with Crippen LogP contribution in [0.25, 0.3) is 10.9 Å². The number of fused-ring (bicyclic) bond motifs is 1. The maximum absolute atomic E-state index is 11.0. The van der Waals surface area contributed by atoms with E-state index in [4.69, 9.17) is 9.47 Å². The van der Waals surface area contributed by atoms with Crippen LogP contribution in [0.2, 0.25) is 0 Å². The molecule has 1 heterocycles. The van der Waals surface area contributed by atoms with Gasteiger partial charge in [0.2, 0.25) is 5.88 Å². The zero-order chi connectivity index (χ0) is 16.4. The number of methoxy groups -OCH3 is 2. The van der Waals surface area contributed by atoms with Crippen molar-refractivity contribution >= 4 is 16.6 Å². The van der Waals surface area contributed by atoms with Crippen molar-refractivity contribution in [3.05, 3.63) is 52.9 Å². The van der Waals surface area contributed by atoms with Crippen LogP contribution in [-0.2, 0) is 6.54 Å². The summed E-state index contributed by atoms with van der Waals surface area (Å²) in [5.41, 5.74) is 1.66. The normalized spacial score (nSPS) is 10.7. The van der Waals surface area contributed by atoms with Crippen LogP contribution in [0.15, 0.2) is 47.6 Å². The van der Waals surface area contributed by atoms with E-state index in [-0.39, 0.29) is 11.6 Å². The minimum absolute atomic E-state index is 0.0514. The molecule has 6 heteroatoms. The molecular weight excluding hydrogens is 296 g/mol. The largest absolute Gasteiger partial charge is 0.497 e. The zero-order valence-electron chi connectivity index (χ0n) is 12.8. The molecule has 1 N–H and O–H groups in total. The summed E-state index contributed by atoms with van der Waals surface area (Å²) in [6.07, 6.45) is 0. The maximum Gasteiger partial charge on any atom is 0.222 e. The van der Waals surface area contributed by atoms with Gasteiger partial charge in [0.1, 0.15) is 11.5 Å². The molecule has 0 atom stereocenters. The minimum Gasteiger partial charge on any atom is -0.497 e. The molecule has 0 aliphatic carbocycles. The number of nitrogens with zero attached hydrogens (tertiary/aromatic N) is 2. The summed E-state index contributed by atoms with van der Waals surface area (Å²) in [6.45, 7) is 0.357. The Kier molecular flexibility index (Phi) is 3.89. The Morgan fingerprint density at radius 3 is 2.35 bits per heavy atom. The van der Waals surface area contributed by atoms with Gasteiger partial charge in [-0.15, -0.1) is 4.91 Å². The fourth-order valence-electron chi connectivity index (χ4n) is 2.66. The summed E-state index contributed by atoms with van der Waals surface area (Å²) in [4.78, 5) is 11.0. The number of aromatic hydroxyl groups is 1. The number of nitroso groups, excluding NO2 is 1. The minimum atomic E-state index is -0.150. The Bertz CT molecular complexity index is 848. The average Bonchev–Trinajstić information content (AvgIpc) is 2.86. The highest BCUT2D eigenvalue weighted by Gasteiger charge is 2.17. The number of aromatic nitrogens is 1. The van der Waals surface area contributed by atoms with E-state index >= 15 is 0 Å². The van der Waals surface area contributed by atoms with E-state index in [9.17, 15) is 10.0 Å². The number of hydrogen-bond acceptors (Lipinski definition) is 5. The fraction of sp³-hybridized carbons (Fsp3) is 0.176. The summed E-state index contributed by atoms with van der Waals surface area (Å²) in [7, 11) is 3.16. The van der Waals surface area contributed by atoms with Crippen molar-refractivity contribution in [2.75, 3.05) is 14.2 Å². The molecule has 0 bridgehead atoms. The Labute approximate surface area is 132 Å². The predicted molar refractivity (Wildman–Crippen MR) is 87.7 cm³/mol. The number of ether oxygens (including phenoxy) is 2. The fourth-order valence-corrected chi connectivity index (χ4v) is 2.66. The third-order valence-corrected chi connectivity index (χ3v) is 3.76. The molecule has 0 aliphatic rings. The highest BCUT2D eigenvalue weighted by molar-refractivity contribution is 5.95. The van der Waals surface area contributed by atoms with Crippen molar-refractivity contribution in [2.24, 2.45) is 5.18 Å². The second kappa shape index (κ2) is 6.00. The molecule has 1 aromatic heterocycles. The van der Waals surface area contributed by atoms with Gasteiger partial charge in [0.25, 0.3) is 0 Å². The number of rotatable bonds is 5. The molecular formula is C17H16N2O4. The van der Waals surface area contributed by atoms with Crippen molar-refractivity contribution < 1.29 is 14.6 Å². The van der Waals surface area contributed by atoms with Gasteiger partial charge in [-0.1, -0.05) is 18.2 Å². The molecule has 0 spiro atoms. The third-order valence-electron chi connectivity index (χ3n) is 3.76. The van der Waals surface area contributed by atoms with Crippen molar-refractivity contribution in [2.45, 2.75) is 6.54 Å². The van der Waals surface area contributed by atoms with Gasteiger partial charge >= 0.3 is 0 Å².